The van der Waals surface area contributed by atoms with Crippen molar-refractivity contribution in [3.05, 3.63) is 58.9 Å². The van der Waals surface area contributed by atoms with E-state index in [1.807, 2.05) is 43.5 Å². The highest BCUT2D eigenvalue weighted by Crippen LogP contribution is 2.27. The summed E-state index contributed by atoms with van der Waals surface area (Å²) in [5, 5.41) is 5.93. The quantitative estimate of drug-likeness (QED) is 0.530. The molecule has 1 saturated heterocycles. The van der Waals surface area contributed by atoms with Crippen LogP contribution in [0.4, 0.5) is 5.69 Å². The topological polar surface area (TPSA) is 88.6 Å². The maximum atomic E-state index is 13.1. The molecule has 4 rings (SSSR count). The van der Waals surface area contributed by atoms with E-state index in [1.54, 1.807) is 35.6 Å². The number of nitrogens with zero attached hydrogens (tertiary/aromatic N) is 2. The van der Waals surface area contributed by atoms with Crippen LogP contribution in [0.15, 0.2) is 58.8 Å². The number of amides is 1. The van der Waals surface area contributed by atoms with Gasteiger partial charge in [0.1, 0.15) is 5.75 Å². The number of aryl methyl sites for hydroxylation is 1. The monoisotopic (exact) mass is 485 g/mol. The largest absolute Gasteiger partial charge is 0.494 e. The van der Waals surface area contributed by atoms with Crippen molar-refractivity contribution in [3.8, 4) is 17.0 Å². The van der Waals surface area contributed by atoms with Gasteiger partial charge in [0.15, 0.2) is 0 Å². The molecule has 0 spiro atoms. The number of sulfonamides is 1. The highest BCUT2D eigenvalue weighted by atomic mass is 32.2. The standard InChI is InChI=1S/C24H27N3O4S2/c1-3-31-21-9-11-22(12-10-21)33(29,30)27-13-5-7-19(15-27)24(28)26-20-8-4-6-18(14-20)23-16-32-17(2)25-23/h4,6,8-12,14,16,19H,3,5,7,13,15H2,1-2H3,(H,26,28)/t19-/m0/s1. The van der Waals surface area contributed by atoms with Gasteiger partial charge in [0.05, 0.1) is 28.1 Å². The first-order valence-corrected chi connectivity index (χ1v) is 13.2. The van der Waals surface area contributed by atoms with Crippen molar-refractivity contribution in [1.82, 2.24) is 9.29 Å². The number of hydrogen-bond donors (Lipinski definition) is 1. The van der Waals surface area contributed by atoms with Crippen LogP contribution in [0, 0.1) is 12.8 Å². The third kappa shape index (κ3) is 5.43. The van der Waals surface area contributed by atoms with Gasteiger partial charge in [-0.15, -0.1) is 11.3 Å². The van der Waals surface area contributed by atoms with Crippen LogP contribution in [0.1, 0.15) is 24.8 Å². The van der Waals surface area contributed by atoms with E-state index in [2.05, 4.69) is 10.3 Å². The van der Waals surface area contributed by atoms with Gasteiger partial charge in [-0.3, -0.25) is 4.79 Å². The summed E-state index contributed by atoms with van der Waals surface area (Å²) in [5.41, 5.74) is 2.48. The number of thiazole rings is 1. The molecule has 3 aromatic rings. The first-order valence-electron chi connectivity index (χ1n) is 10.9. The van der Waals surface area contributed by atoms with Crippen LogP contribution in [0.5, 0.6) is 5.75 Å². The van der Waals surface area contributed by atoms with Gasteiger partial charge in [-0.05, 0) is 63.1 Å². The van der Waals surface area contributed by atoms with E-state index >= 15 is 0 Å². The molecule has 1 atom stereocenters. The molecule has 0 radical (unpaired) electrons. The molecule has 174 valence electrons. The highest BCUT2D eigenvalue weighted by molar-refractivity contribution is 7.89. The van der Waals surface area contributed by atoms with E-state index in [1.165, 1.54) is 4.31 Å². The minimum absolute atomic E-state index is 0.159. The first-order chi connectivity index (χ1) is 15.9. The van der Waals surface area contributed by atoms with Crippen LogP contribution in [-0.2, 0) is 14.8 Å². The third-order valence-corrected chi connectivity index (χ3v) is 8.23. The zero-order valence-corrected chi connectivity index (χ0v) is 20.3. The molecule has 1 aliphatic heterocycles. The number of carbonyl (C=O) groups excluding carboxylic acids is 1. The van der Waals surface area contributed by atoms with Crippen LogP contribution < -0.4 is 10.1 Å². The Bertz CT molecular complexity index is 1220. The fourth-order valence-corrected chi connectivity index (χ4v) is 6.04. The summed E-state index contributed by atoms with van der Waals surface area (Å²) >= 11 is 1.58. The fourth-order valence-electron chi connectivity index (χ4n) is 3.89. The summed E-state index contributed by atoms with van der Waals surface area (Å²) in [6.07, 6.45) is 1.28. The van der Waals surface area contributed by atoms with Gasteiger partial charge in [-0.2, -0.15) is 4.31 Å². The number of nitrogens with one attached hydrogen (secondary N) is 1. The second-order valence-electron chi connectivity index (χ2n) is 7.93. The lowest BCUT2D eigenvalue weighted by atomic mass is 9.98. The Labute approximate surface area is 198 Å². The molecule has 0 unspecified atom stereocenters. The minimum Gasteiger partial charge on any atom is -0.494 e. The van der Waals surface area contributed by atoms with Crippen LogP contribution in [0.25, 0.3) is 11.3 Å². The lowest BCUT2D eigenvalue weighted by Crippen LogP contribution is -2.43. The van der Waals surface area contributed by atoms with Crippen molar-refractivity contribution in [2.75, 3.05) is 25.0 Å². The zero-order chi connectivity index (χ0) is 23.4. The number of ether oxygens (including phenoxy) is 1. The number of rotatable bonds is 7. The number of hydrogen-bond acceptors (Lipinski definition) is 6. The van der Waals surface area contributed by atoms with Gasteiger partial charge in [-0.1, -0.05) is 12.1 Å². The molecule has 1 aliphatic rings. The third-order valence-electron chi connectivity index (χ3n) is 5.57. The van der Waals surface area contributed by atoms with Crippen molar-refractivity contribution in [2.24, 2.45) is 5.92 Å². The van der Waals surface area contributed by atoms with Crippen LogP contribution >= 0.6 is 11.3 Å². The summed E-state index contributed by atoms with van der Waals surface area (Å²) < 4.78 is 33.1. The second-order valence-corrected chi connectivity index (χ2v) is 10.9. The molecule has 1 aromatic heterocycles. The molecule has 1 N–H and O–H groups in total. The average molecular weight is 486 g/mol. The normalized spacial score (nSPS) is 17.0. The van der Waals surface area contributed by atoms with E-state index < -0.39 is 15.9 Å². The Morgan fingerprint density at radius 2 is 2.03 bits per heavy atom. The van der Waals surface area contributed by atoms with E-state index in [0.29, 0.717) is 37.4 Å². The Balaban J connectivity index is 1.44. The summed E-state index contributed by atoms with van der Waals surface area (Å²) in [4.78, 5) is 17.7. The van der Waals surface area contributed by atoms with Gasteiger partial charge in [0.25, 0.3) is 0 Å². The SMILES string of the molecule is CCOc1ccc(S(=O)(=O)N2CCC[C@H](C(=O)Nc3cccc(-c4csc(C)n4)c3)C2)cc1. The maximum absolute atomic E-state index is 13.1. The first kappa shape index (κ1) is 23.4. The number of piperidine rings is 1. The van der Waals surface area contributed by atoms with Crippen molar-refractivity contribution in [1.29, 1.82) is 0 Å². The molecule has 0 bridgehead atoms. The Hall–Kier alpha value is -2.75. The molecular formula is C24H27N3O4S2. The number of aromatic nitrogens is 1. The molecule has 2 heterocycles. The summed E-state index contributed by atoms with van der Waals surface area (Å²) in [6, 6.07) is 14.0. The van der Waals surface area contributed by atoms with Crippen molar-refractivity contribution in [3.63, 3.8) is 0 Å². The molecule has 0 saturated carbocycles. The summed E-state index contributed by atoms with van der Waals surface area (Å²) in [7, 11) is -3.68. The molecule has 2 aromatic carbocycles. The van der Waals surface area contributed by atoms with Crippen molar-refractivity contribution in [2.45, 2.75) is 31.6 Å². The number of benzene rings is 2. The zero-order valence-electron chi connectivity index (χ0n) is 18.7. The maximum Gasteiger partial charge on any atom is 0.243 e. The molecule has 9 heteroatoms. The molecule has 1 fully saturated rings. The van der Waals surface area contributed by atoms with Gasteiger partial charge >= 0.3 is 0 Å². The van der Waals surface area contributed by atoms with Crippen molar-refractivity contribution < 1.29 is 17.9 Å². The van der Waals surface area contributed by atoms with Crippen LogP contribution in [-0.4, -0.2) is 43.3 Å². The smallest absolute Gasteiger partial charge is 0.243 e. The summed E-state index contributed by atoms with van der Waals surface area (Å²) in [6.45, 7) is 4.90. The fraction of sp³-hybridized carbons (Fsp3) is 0.333. The number of anilines is 1. The molecule has 7 nitrogen and oxygen atoms in total. The predicted octanol–water partition coefficient (Wildman–Crippen LogP) is 4.56. The minimum atomic E-state index is -3.68. The lowest BCUT2D eigenvalue weighted by Gasteiger charge is -2.31. The second kappa shape index (κ2) is 10.0. The van der Waals surface area contributed by atoms with Gasteiger partial charge in [0, 0.05) is 29.7 Å². The average Bonchev–Trinajstić information content (AvgIpc) is 3.26. The molecule has 0 aliphatic carbocycles. The van der Waals surface area contributed by atoms with Gasteiger partial charge < -0.3 is 10.1 Å². The summed E-state index contributed by atoms with van der Waals surface area (Å²) in [5.74, 6) is 0.0389. The molecule has 1 amide bonds. The van der Waals surface area contributed by atoms with Crippen molar-refractivity contribution >= 4 is 33.0 Å². The van der Waals surface area contributed by atoms with Gasteiger partial charge in [-0.25, -0.2) is 13.4 Å². The Morgan fingerprint density at radius 3 is 2.73 bits per heavy atom. The van der Waals surface area contributed by atoms with E-state index in [4.69, 9.17) is 4.74 Å². The van der Waals surface area contributed by atoms with Gasteiger partial charge in [0.2, 0.25) is 15.9 Å². The van der Waals surface area contributed by atoms with E-state index in [-0.39, 0.29) is 17.3 Å². The molecule has 33 heavy (non-hydrogen) atoms. The Kier molecular flexibility index (Phi) is 7.11. The van der Waals surface area contributed by atoms with E-state index in [0.717, 1.165) is 16.3 Å². The predicted molar refractivity (Wildman–Crippen MR) is 130 cm³/mol. The Morgan fingerprint density at radius 1 is 1.24 bits per heavy atom. The van der Waals surface area contributed by atoms with E-state index in [9.17, 15) is 13.2 Å². The number of carbonyl (C=O) groups is 1. The van der Waals surface area contributed by atoms with Crippen LogP contribution in [0.3, 0.4) is 0 Å². The lowest BCUT2D eigenvalue weighted by molar-refractivity contribution is -0.120. The molecular weight excluding hydrogens is 458 g/mol. The van der Waals surface area contributed by atoms with Crippen LogP contribution in [0.2, 0.25) is 0 Å². The highest BCUT2D eigenvalue weighted by Gasteiger charge is 2.33.